The second-order valence-corrected chi connectivity index (χ2v) is 7.89. The van der Waals surface area contributed by atoms with Crippen LogP contribution in [-0.4, -0.2) is 48.6 Å². The van der Waals surface area contributed by atoms with Gasteiger partial charge in [0.1, 0.15) is 11.4 Å². The number of amides is 1. The molecular formula is C25H32ClFN2O3. The molecule has 32 heavy (non-hydrogen) atoms. The van der Waals surface area contributed by atoms with Gasteiger partial charge in [0.15, 0.2) is 0 Å². The number of benzene rings is 2. The molecule has 2 aromatic rings. The first-order valence-corrected chi connectivity index (χ1v) is 11.0. The molecule has 0 aromatic heterocycles. The minimum Gasteiger partial charge on any atom is -0.464 e. The fraction of sp³-hybridized carbons (Fsp3) is 0.440. The molecule has 0 N–H and O–H groups in total. The highest BCUT2D eigenvalue weighted by atomic mass is 35.5. The van der Waals surface area contributed by atoms with Gasteiger partial charge in [-0.25, -0.2) is 9.18 Å². The Morgan fingerprint density at radius 3 is 2.22 bits per heavy atom. The Morgan fingerprint density at radius 1 is 1.03 bits per heavy atom. The minimum atomic E-state index is -1.08. The average molecular weight is 463 g/mol. The van der Waals surface area contributed by atoms with Crippen LogP contribution in [0.25, 0.3) is 0 Å². The molecule has 1 fully saturated rings. The molecule has 2 aromatic carbocycles. The Kier molecular flexibility index (Phi) is 9.66. The number of carbonyl (C=O) groups excluding carboxylic acids is 2. The van der Waals surface area contributed by atoms with Crippen LogP contribution in [0.15, 0.2) is 54.6 Å². The number of piperidine rings is 1. The van der Waals surface area contributed by atoms with Crippen LogP contribution in [0.1, 0.15) is 38.7 Å². The second-order valence-electron chi connectivity index (χ2n) is 7.89. The summed E-state index contributed by atoms with van der Waals surface area (Å²) in [6, 6.07) is 16.1. The quantitative estimate of drug-likeness (QED) is 0.536. The van der Waals surface area contributed by atoms with Crippen molar-refractivity contribution in [1.29, 1.82) is 0 Å². The van der Waals surface area contributed by atoms with Crippen molar-refractivity contribution in [2.45, 2.75) is 45.1 Å². The summed E-state index contributed by atoms with van der Waals surface area (Å²) in [6.45, 7) is 6.04. The number of hydrogen-bond donors (Lipinski definition) is 0. The van der Waals surface area contributed by atoms with E-state index >= 15 is 0 Å². The SMILES string of the molecule is CCOC(=O)C1(N(C(=O)CC)c2ccc(F)cc2)CCN(CCc2ccccc2)CC1.Cl. The van der Waals surface area contributed by atoms with E-state index in [1.54, 1.807) is 30.9 Å². The number of carbonyl (C=O) groups is 2. The highest BCUT2D eigenvalue weighted by Gasteiger charge is 2.50. The summed E-state index contributed by atoms with van der Waals surface area (Å²) in [6.07, 6.45) is 2.13. The Morgan fingerprint density at radius 2 is 1.66 bits per heavy atom. The molecule has 0 aliphatic carbocycles. The molecule has 174 valence electrons. The summed E-state index contributed by atoms with van der Waals surface area (Å²) < 4.78 is 19.0. The van der Waals surface area contributed by atoms with Crippen LogP contribution in [0.3, 0.4) is 0 Å². The van der Waals surface area contributed by atoms with E-state index in [1.807, 2.05) is 18.2 Å². The molecule has 3 rings (SSSR count). The molecule has 1 amide bonds. The van der Waals surface area contributed by atoms with E-state index in [0.717, 1.165) is 13.0 Å². The number of halogens is 2. The van der Waals surface area contributed by atoms with Gasteiger partial charge in [0.05, 0.1) is 6.61 Å². The van der Waals surface area contributed by atoms with Crippen molar-refractivity contribution in [2.24, 2.45) is 0 Å². The summed E-state index contributed by atoms with van der Waals surface area (Å²) in [5, 5.41) is 0. The molecule has 0 atom stereocenters. The van der Waals surface area contributed by atoms with Crippen LogP contribution < -0.4 is 4.90 Å². The number of hydrogen-bond acceptors (Lipinski definition) is 4. The molecule has 0 saturated carbocycles. The number of ether oxygens (including phenoxy) is 1. The lowest BCUT2D eigenvalue weighted by Gasteiger charge is -2.46. The highest BCUT2D eigenvalue weighted by molar-refractivity contribution is 6.02. The molecule has 0 radical (unpaired) electrons. The molecule has 0 bridgehead atoms. The molecule has 1 saturated heterocycles. The Hall–Kier alpha value is -2.44. The number of likely N-dealkylation sites (tertiary alicyclic amines) is 1. The van der Waals surface area contributed by atoms with Crippen molar-refractivity contribution in [1.82, 2.24) is 4.90 Å². The zero-order valence-electron chi connectivity index (χ0n) is 18.8. The summed E-state index contributed by atoms with van der Waals surface area (Å²) in [4.78, 5) is 30.1. The Balaban J connectivity index is 0.00000363. The molecule has 5 nitrogen and oxygen atoms in total. The van der Waals surface area contributed by atoms with E-state index in [0.29, 0.717) is 31.6 Å². The zero-order chi connectivity index (χ0) is 22.3. The summed E-state index contributed by atoms with van der Waals surface area (Å²) in [5.74, 6) is -0.935. The lowest BCUT2D eigenvalue weighted by molar-refractivity contribution is -0.153. The normalized spacial score (nSPS) is 15.5. The summed E-state index contributed by atoms with van der Waals surface area (Å²) >= 11 is 0. The van der Waals surface area contributed by atoms with Crippen molar-refractivity contribution >= 4 is 30.0 Å². The van der Waals surface area contributed by atoms with Crippen LogP contribution in [0.4, 0.5) is 10.1 Å². The molecule has 1 aliphatic heterocycles. The fourth-order valence-corrected chi connectivity index (χ4v) is 4.24. The van der Waals surface area contributed by atoms with Crippen LogP contribution in [0, 0.1) is 5.82 Å². The van der Waals surface area contributed by atoms with E-state index < -0.39 is 5.54 Å². The Bertz CT molecular complexity index is 869. The molecule has 1 heterocycles. The largest absolute Gasteiger partial charge is 0.464 e. The first-order chi connectivity index (χ1) is 15.0. The van der Waals surface area contributed by atoms with Crippen molar-refractivity contribution in [3.63, 3.8) is 0 Å². The van der Waals surface area contributed by atoms with Crippen LogP contribution in [0.2, 0.25) is 0 Å². The van der Waals surface area contributed by atoms with Gasteiger partial charge in [0.25, 0.3) is 0 Å². The van der Waals surface area contributed by atoms with Gasteiger partial charge >= 0.3 is 5.97 Å². The maximum absolute atomic E-state index is 13.5. The number of nitrogens with zero attached hydrogens (tertiary/aromatic N) is 2. The number of anilines is 1. The first kappa shape index (κ1) is 25.8. The molecular weight excluding hydrogens is 431 g/mol. The van der Waals surface area contributed by atoms with E-state index in [-0.39, 0.29) is 43.1 Å². The third-order valence-electron chi connectivity index (χ3n) is 5.96. The third kappa shape index (κ3) is 5.87. The van der Waals surface area contributed by atoms with Gasteiger partial charge in [-0.3, -0.25) is 9.69 Å². The standard InChI is InChI=1S/C25H31FN2O3.ClH/c1-3-23(29)28(22-12-10-21(26)11-13-22)25(24(30)31-4-2)15-18-27(19-16-25)17-14-20-8-6-5-7-9-20;/h5-13H,3-4,14-19H2,1-2H3;1H. The van der Waals surface area contributed by atoms with Crippen LogP contribution in [-0.2, 0) is 20.7 Å². The van der Waals surface area contributed by atoms with Crippen molar-refractivity contribution in [3.8, 4) is 0 Å². The van der Waals surface area contributed by atoms with Gasteiger partial charge in [-0.1, -0.05) is 37.3 Å². The van der Waals surface area contributed by atoms with E-state index in [9.17, 15) is 14.0 Å². The minimum absolute atomic E-state index is 0. The highest BCUT2D eigenvalue weighted by Crippen LogP contribution is 2.35. The molecule has 1 aliphatic rings. The van der Waals surface area contributed by atoms with Gasteiger partial charge in [0, 0.05) is 31.7 Å². The lowest BCUT2D eigenvalue weighted by Crippen LogP contribution is -2.63. The third-order valence-corrected chi connectivity index (χ3v) is 5.96. The summed E-state index contributed by atoms with van der Waals surface area (Å²) in [5.41, 5.74) is 0.724. The van der Waals surface area contributed by atoms with Crippen LogP contribution >= 0.6 is 12.4 Å². The smallest absolute Gasteiger partial charge is 0.332 e. The molecule has 7 heteroatoms. The van der Waals surface area contributed by atoms with Gasteiger partial charge in [0.2, 0.25) is 5.91 Å². The van der Waals surface area contributed by atoms with Crippen molar-refractivity contribution in [3.05, 3.63) is 66.0 Å². The van der Waals surface area contributed by atoms with Crippen molar-refractivity contribution < 1.29 is 18.7 Å². The first-order valence-electron chi connectivity index (χ1n) is 11.0. The number of esters is 1. The maximum atomic E-state index is 13.5. The lowest BCUT2D eigenvalue weighted by atomic mass is 9.84. The monoisotopic (exact) mass is 462 g/mol. The van der Waals surface area contributed by atoms with Gasteiger partial charge in [-0.2, -0.15) is 0 Å². The second kappa shape index (κ2) is 12.0. The van der Waals surface area contributed by atoms with Gasteiger partial charge in [-0.15, -0.1) is 12.4 Å². The predicted molar refractivity (Wildman–Crippen MR) is 127 cm³/mol. The van der Waals surface area contributed by atoms with E-state index in [1.165, 1.54) is 17.7 Å². The topological polar surface area (TPSA) is 49.9 Å². The Labute approximate surface area is 196 Å². The predicted octanol–water partition coefficient (Wildman–Crippen LogP) is 4.63. The maximum Gasteiger partial charge on any atom is 0.332 e. The number of rotatable bonds is 8. The summed E-state index contributed by atoms with van der Waals surface area (Å²) in [7, 11) is 0. The average Bonchev–Trinajstić information content (AvgIpc) is 2.80. The van der Waals surface area contributed by atoms with E-state index in [2.05, 4.69) is 17.0 Å². The molecule has 0 unspecified atom stereocenters. The zero-order valence-corrected chi connectivity index (χ0v) is 19.6. The van der Waals surface area contributed by atoms with Crippen LogP contribution in [0.5, 0.6) is 0 Å². The molecule has 0 spiro atoms. The fourth-order valence-electron chi connectivity index (χ4n) is 4.24. The van der Waals surface area contributed by atoms with Crippen molar-refractivity contribution in [2.75, 3.05) is 31.1 Å². The van der Waals surface area contributed by atoms with Gasteiger partial charge < -0.3 is 9.64 Å². The van der Waals surface area contributed by atoms with Gasteiger partial charge in [-0.05, 0) is 56.0 Å². The van der Waals surface area contributed by atoms with E-state index in [4.69, 9.17) is 4.74 Å².